The second kappa shape index (κ2) is 6.20. The monoisotopic (exact) mass is 243 g/mol. The van der Waals surface area contributed by atoms with Gasteiger partial charge in [-0.05, 0) is 38.3 Å². The van der Waals surface area contributed by atoms with Crippen molar-refractivity contribution >= 4 is 5.91 Å². The highest BCUT2D eigenvalue weighted by Crippen LogP contribution is 2.17. The van der Waals surface area contributed by atoms with Gasteiger partial charge in [0.15, 0.2) is 0 Å². The van der Waals surface area contributed by atoms with Crippen LogP contribution in [-0.4, -0.2) is 11.4 Å². The summed E-state index contributed by atoms with van der Waals surface area (Å²) in [6.07, 6.45) is 5.08. The molecule has 1 amide bonds. The number of carbonyl (C=O) groups excluding carboxylic acids is 1. The Morgan fingerprint density at radius 3 is 2.33 bits per heavy atom. The molecule has 0 saturated carbocycles. The minimum absolute atomic E-state index is 0.0423. The summed E-state index contributed by atoms with van der Waals surface area (Å²) < 4.78 is 0. The van der Waals surface area contributed by atoms with Gasteiger partial charge in [-0.2, -0.15) is 0 Å². The first-order valence-electron chi connectivity index (χ1n) is 6.12. The molecule has 96 valence electrons. The SMILES string of the molecule is C=CCC(C)(CC=C)NC(=O)c1ccccc1C. The molecule has 2 heteroatoms. The van der Waals surface area contributed by atoms with E-state index in [1.54, 1.807) is 0 Å². The van der Waals surface area contributed by atoms with Gasteiger partial charge in [0.1, 0.15) is 0 Å². The molecule has 18 heavy (non-hydrogen) atoms. The highest BCUT2D eigenvalue weighted by atomic mass is 16.1. The second-order valence-corrected chi connectivity index (χ2v) is 4.82. The van der Waals surface area contributed by atoms with E-state index in [0.717, 1.165) is 24.0 Å². The molecule has 0 atom stereocenters. The fourth-order valence-corrected chi connectivity index (χ4v) is 1.99. The van der Waals surface area contributed by atoms with Crippen molar-refractivity contribution in [2.24, 2.45) is 0 Å². The molecule has 1 N–H and O–H groups in total. The summed E-state index contributed by atoms with van der Waals surface area (Å²) in [6, 6.07) is 7.58. The van der Waals surface area contributed by atoms with E-state index in [0.29, 0.717) is 0 Å². The lowest BCUT2D eigenvalue weighted by Crippen LogP contribution is -2.45. The number of rotatable bonds is 6. The molecular formula is C16H21NO. The van der Waals surface area contributed by atoms with Crippen molar-refractivity contribution < 1.29 is 4.79 Å². The van der Waals surface area contributed by atoms with Crippen LogP contribution >= 0.6 is 0 Å². The molecule has 2 nitrogen and oxygen atoms in total. The van der Waals surface area contributed by atoms with E-state index >= 15 is 0 Å². The van der Waals surface area contributed by atoms with Crippen LogP contribution in [0.25, 0.3) is 0 Å². The standard InChI is InChI=1S/C16H21NO/c1-5-11-16(4,12-6-2)17-15(18)14-10-8-7-9-13(14)3/h5-10H,1-2,11-12H2,3-4H3,(H,17,18). The molecule has 0 aliphatic carbocycles. The highest BCUT2D eigenvalue weighted by Gasteiger charge is 2.24. The fourth-order valence-electron chi connectivity index (χ4n) is 1.99. The van der Waals surface area contributed by atoms with Crippen molar-refractivity contribution in [1.82, 2.24) is 5.32 Å². The third-order valence-electron chi connectivity index (χ3n) is 2.99. The van der Waals surface area contributed by atoms with Crippen LogP contribution in [0.4, 0.5) is 0 Å². The van der Waals surface area contributed by atoms with Gasteiger partial charge in [-0.3, -0.25) is 4.79 Å². The quantitative estimate of drug-likeness (QED) is 0.759. The summed E-state index contributed by atoms with van der Waals surface area (Å²) in [5, 5.41) is 3.07. The van der Waals surface area contributed by atoms with Crippen LogP contribution < -0.4 is 5.32 Å². The predicted octanol–water partition coefficient (Wildman–Crippen LogP) is 3.64. The van der Waals surface area contributed by atoms with Gasteiger partial charge in [0.05, 0.1) is 0 Å². The zero-order valence-electron chi connectivity index (χ0n) is 11.2. The van der Waals surface area contributed by atoms with Crippen molar-refractivity contribution in [1.29, 1.82) is 0 Å². The molecule has 0 unspecified atom stereocenters. The minimum Gasteiger partial charge on any atom is -0.346 e. The van der Waals surface area contributed by atoms with Crippen LogP contribution in [0.2, 0.25) is 0 Å². The van der Waals surface area contributed by atoms with Gasteiger partial charge in [-0.1, -0.05) is 30.4 Å². The van der Waals surface area contributed by atoms with Crippen molar-refractivity contribution in [3.8, 4) is 0 Å². The Hall–Kier alpha value is -1.83. The van der Waals surface area contributed by atoms with E-state index in [1.165, 1.54) is 0 Å². The zero-order chi connectivity index (χ0) is 13.6. The molecule has 0 bridgehead atoms. The number of benzene rings is 1. The Labute approximate surface area is 109 Å². The third kappa shape index (κ3) is 3.59. The van der Waals surface area contributed by atoms with Gasteiger partial charge >= 0.3 is 0 Å². The molecule has 0 aliphatic rings. The molecule has 0 radical (unpaired) electrons. The number of carbonyl (C=O) groups is 1. The summed E-state index contributed by atoms with van der Waals surface area (Å²) in [4.78, 5) is 12.3. The van der Waals surface area contributed by atoms with Crippen LogP contribution in [0.15, 0.2) is 49.6 Å². The molecule has 0 spiro atoms. The van der Waals surface area contributed by atoms with Crippen LogP contribution in [0.1, 0.15) is 35.7 Å². The van der Waals surface area contributed by atoms with Crippen molar-refractivity contribution in [3.63, 3.8) is 0 Å². The Kier molecular flexibility index (Phi) is 4.90. The Bertz CT molecular complexity index is 438. The van der Waals surface area contributed by atoms with Crippen LogP contribution in [-0.2, 0) is 0 Å². The average molecular weight is 243 g/mol. The van der Waals surface area contributed by atoms with Crippen molar-refractivity contribution in [3.05, 3.63) is 60.7 Å². The largest absolute Gasteiger partial charge is 0.346 e. The van der Waals surface area contributed by atoms with E-state index in [4.69, 9.17) is 0 Å². The van der Waals surface area contributed by atoms with Gasteiger partial charge in [0.25, 0.3) is 5.91 Å². The summed E-state index contributed by atoms with van der Waals surface area (Å²) in [5.41, 5.74) is 1.38. The first kappa shape index (κ1) is 14.2. The number of amides is 1. The first-order valence-corrected chi connectivity index (χ1v) is 6.12. The summed E-state index contributed by atoms with van der Waals surface area (Å²) in [5.74, 6) is -0.0423. The summed E-state index contributed by atoms with van der Waals surface area (Å²) in [6.45, 7) is 11.4. The molecule has 1 aromatic rings. The van der Waals surface area contributed by atoms with Crippen molar-refractivity contribution in [2.75, 3.05) is 0 Å². The van der Waals surface area contributed by atoms with Crippen molar-refractivity contribution in [2.45, 2.75) is 32.2 Å². The normalized spacial score (nSPS) is 10.8. The lowest BCUT2D eigenvalue weighted by Gasteiger charge is -2.29. The van der Waals surface area contributed by atoms with E-state index in [-0.39, 0.29) is 11.4 Å². The Morgan fingerprint density at radius 2 is 1.83 bits per heavy atom. The molecule has 0 heterocycles. The number of hydrogen-bond acceptors (Lipinski definition) is 1. The number of nitrogens with one attached hydrogen (secondary N) is 1. The van der Waals surface area contributed by atoms with Crippen LogP contribution in [0, 0.1) is 6.92 Å². The van der Waals surface area contributed by atoms with Gasteiger partial charge in [-0.25, -0.2) is 0 Å². The van der Waals surface area contributed by atoms with E-state index in [9.17, 15) is 4.79 Å². The Morgan fingerprint density at radius 1 is 1.28 bits per heavy atom. The second-order valence-electron chi connectivity index (χ2n) is 4.82. The van der Waals surface area contributed by atoms with Crippen LogP contribution in [0.3, 0.4) is 0 Å². The summed E-state index contributed by atoms with van der Waals surface area (Å²) in [7, 11) is 0. The zero-order valence-corrected chi connectivity index (χ0v) is 11.2. The van der Waals surface area contributed by atoms with Crippen LogP contribution in [0.5, 0.6) is 0 Å². The molecule has 0 fully saturated rings. The van der Waals surface area contributed by atoms with E-state index < -0.39 is 0 Å². The topological polar surface area (TPSA) is 29.1 Å². The van der Waals surface area contributed by atoms with Gasteiger partial charge in [0.2, 0.25) is 0 Å². The molecule has 1 rings (SSSR count). The molecule has 1 aromatic carbocycles. The van der Waals surface area contributed by atoms with Gasteiger partial charge in [0, 0.05) is 11.1 Å². The van der Waals surface area contributed by atoms with E-state index in [1.807, 2.05) is 50.3 Å². The molecule has 0 aromatic heterocycles. The molecule has 0 aliphatic heterocycles. The maximum Gasteiger partial charge on any atom is 0.251 e. The van der Waals surface area contributed by atoms with Gasteiger partial charge < -0.3 is 5.32 Å². The first-order chi connectivity index (χ1) is 8.52. The van der Waals surface area contributed by atoms with Gasteiger partial charge in [-0.15, -0.1) is 13.2 Å². The van der Waals surface area contributed by atoms with E-state index in [2.05, 4.69) is 18.5 Å². The lowest BCUT2D eigenvalue weighted by molar-refractivity contribution is 0.0907. The third-order valence-corrected chi connectivity index (χ3v) is 2.99. The minimum atomic E-state index is -0.317. The predicted molar refractivity (Wildman–Crippen MR) is 76.7 cm³/mol. The molecule has 0 saturated heterocycles. The maximum atomic E-state index is 12.3. The molecular weight excluding hydrogens is 222 g/mol. The lowest BCUT2D eigenvalue weighted by atomic mass is 9.92. The smallest absolute Gasteiger partial charge is 0.251 e. The maximum absolute atomic E-state index is 12.3. The fraction of sp³-hybridized carbons (Fsp3) is 0.312. The number of aryl methyl sites for hydroxylation is 1. The Balaban J connectivity index is 2.88. The highest BCUT2D eigenvalue weighted by molar-refractivity contribution is 5.96. The average Bonchev–Trinajstić information content (AvgIpc) is 2.29. The summed E-state index contributed by atoms with van der Waals surface area (Å²) >= 11 is 0. The number of hydrogen-bond donors (Lipinski definition) is 1.